The van der Waals surface area contributed by atoms with E-state index in [4.69, 9.17) is 16.3 Å². The quantitative estimate of drug-likeness (QED) is 0.274. The van der Waals surface area contributed by atoms with E-state index >= 15 is 0 Å². The Labute approximate surface area is 195 Å². The molecule has 0 saturated heterocycles. The molecular formula is C26H23ClF3NO2. The molecule has 1 unspecified atom stereocenters. The Morgan fingerprint density at radius 1 is 1.12 bits per heavy atom. The van der Waals surface area contributed by atoms with E-state index in [1.807, 2.05) is 6.92 Å². The number of aliphatic hydroxyl groups is 1. The molecule has 7 heteroatoms. The topological polar surface area (TPSA) is 42.4 Å². The number of halogens is 4. The third-order valence-corrected chi connectivity index (χ3v) is 5.06. The summed E-state index contributed by atoms with van der Waals surface area (Å²) in [6.07, 6.45) is 1.80. The average molecular weight is 474 g/mol. The minimum atomic E-state index is -4.44. The molecular weight excluding hydrogens is 451 g/mol. The molecule has 0 aliphatic rings. The van der Waals surface area contributed by atoms with Gasteiger partial charge >= 0.3 is 6.18 Å². The third kappa shape index (κ3) is 6.94. The fraction of sp³-hybridized carbons (Fsp3) is 0.192. The van der Waals surface area contributed by atoms with E-state index in [1.165, 1.54) is 6.07 Å². The van der Waals surface area contributed by atoms with E-state index < -0.39 is 17.8 Å². The van der Waals surface area contributed by atoms with E-state index in [0.29, 0.717) is 33.9 Å². The van der Waals surface area contributed by atoms with Crippen LogP contribution in [0.4, 0.5) is 13.2 Å². The van der Waals surface area contributed by atoms with Gasteiger partial charge in [0.1, 0.15) is 18.5 Å². The summed E-state index contributed by atoms with van der Waals surface area (Å²) in [5.41, 5.74) is 1.43. The molecule has 3 rings (SSSR count). The fourth-order valence-electron chi connectivity index (χ4n) is 3.18. The molecule has 0 radical (unpaired) electrons. The highest BCUT2D eigenvalue weighted by Gasteiger charge is 2.30. The van der Waals surface area contributed by atoms with Crippen LogP contribution in [0.1, 0.15) is 41.7 Å². The summed E-state index contributed by atoms with van der Waals surface area (Å²) in [4.78, 5) is 4.07. The van der Waals surface area contributed by atoms with E-state index in [0.717, 1.165) is 17.7 Å². The molecule has 0 fully saturated rings. The molecule has 0 spiro atoms. The molecule has 0 aliphatic carbocycles. The van der Waals surface area contributed by atoms with E-state index in [1.54, 1.807) is 67.0 Å². The monoisotopic (exact) mass is 473 g/mol. The first-order chi connectivity index (χ1) is 15.8. The second-order valence-corrected chi connectivity index (χ2v) is 7.74. The number of nitrogens with zero attached hydrogens (tertiary/aromatic N) is 1. The average Bonchev–Trinajstić information content (AvgIpc) is 2.81. The Bertz CT molecular complexity index is 1110. The van der Waals surface area contributed by atoms with Gasteiger partial charge in [0, 0.05) is 28.6 Å². The first-order valence-electron chi connectivity index (χ1n) is 10.3. The molecule has 1 atom stereocenters. The molecule has 2 aromatic carbocycles. The normalized spacial score (nSPS) is 13.6. The van der Waals surface area contributed by atoms with Crippen LogP contribution in [0.25, 0.3) is 6.08 Å². The standard InChI is InChI=1S/C26H23ClF3NO2/c1-2-5-24(33-17-19-6-3-8-21(14-19)26(28,29)30)23(15-18-9-11-22(27)12-10-18)25(32)20-7-4-13-31-16-20/h3-16,25,32H,2,17H2,1H3/b23-15+,24-5-. The van der Waals surface area contributed by atoms with Crippen molar-refractivity contribution in [3.8, 4) is 0 Å². The van der Waals surface area contributed by atoms with Gasteiger partial charge in [-0.3, -0.25) is 4.98 Å². The van der Waals surface area contributed by atoms with Crippen molar-refractivity contribution in [3.63, 3.8) is 0 Å². The predicted octanol–water partition coefficient (Wildman–Crippen LogP) is 7.38. The molecule has 0 amide bonds. The maximum Gasteiger partial charge on any atom is 0.416 e. The van der Waals surface area contributed by atoms with Crippen molar-refractivity contribution in [2.45, 2.75) is 32.2 Å². The van der Waals surface area contributed by atoms with Crippen LogP contribution in [0.3, 0.4) is 0 Å². The van der Waals surface area contributed by atoms with Gasteiger partial charge in [-0.25, -0.2) is 0 Å². The largest absolute Gasteiger partial charge is 0.489 e. The van der Waals surface area contributed by atoms with Gasteiger partial charge in [-0.05, 0) is 60.0 Å². The summed E-state index contributed by atoms with van der Waals surface area (Å²) in [6.45, 7) is 1.82. The number of aliphatic hydroxyl groups excluding tert-OH is 1. The van der Waals surface area contributed by atoms with Crippen molar-refractivity contribution in [1.82, 2.24) is 4.98 Å². The zero-order valence-electron chi connectivity index (χ0n) is 17.9. The van der Waals surface area contributed by atoms with Gasteiger partial charge in [-0.1, -0.05) is 48.9 Å². The SMILES string of the molecule is CC/C=C(OCc1cccc(C(F)(F)F)c1)/C(=C\c1ccc(Cl)cc1)C(O)c1cccnc1. The highest BCUT2D eigenvalue weighted by Crippen LogP contribution is 2.32. The number of alkyl halides is 3. The van der Waals surface area contributed by atoms with Crippen molar-refractivity contribution in [3.05, 3.63) is 118 Å². The van der Waals surface area contributed by atoms with Crippen LogP contribution >= 0.6 is 11.6 Å². The van der Waals surface area contributed by atoms with E-state index in [2.05, 4.69) is 4.98 Å². The highest BCUT2D eigenvalue weighted by atomic mass is 35.5. The Morgan fingerprint density at radius 2 is 1.88 bits per heavy atom. The molecule has 1 heterocycles. The lowest BCUT2D eigenvalue weighted by atomic mass is 9.98. The third-order valence-electron chi connectivity index (χ3n) is 4.81. The van der Waals surface area contributed by atoms with Gasteiger partial charge in [0.25, 0.3) is 0 Å². The van der Waals surface area contributed by atoms with Crippen molar-refractivity contribution in [2.24, 2.45) is 0 Å². The molecule has 1 aromatic heterocycles. The van der Waals surface area contributed by atoms with Crippen LogP contribution < -0.4 is 0 Å². The van der Waals surface area contributed by atoms with Gasteiger partial charge < -0.3 is 9.84 Å². The number of ether oxygens (including phenoxy) is 1. The lowest BCUT2D eigenvalue weighted by Crippen LogP contribution is -2.09. The number of hydrogen-bond donors (Lipinski definition) is 1. The number of rotatable bonds is 8. The lowest BCUT2D eigenvalue weighted by Gasteiger charge is -2.20. The zero-order valence-corrected chi connectivity index (χ0v) is 18.6. The van der Waals surface area contributed by atoms with Crippen LogP contribution in [0.2, 0.25) is 5.02 Å². The second kappa shape index (κ2) is 11.2. The predicted molar refractivity (Wildman–Crippen MR) is 123 cm³/mol. The second-order valence-electron chi connectivity index (χ2n) is 7.30. The molecule has 1 N–H and O–H groups in total. The van der Waals surface area contributed by atoms with Crippen molar-refractivity contribution in [2.75, 3.05) is 0 Å². The van der Waals surface area contributed by atoms with Gasteiger partial charge in [0.15, 0.2) is 0 Å². The van der Waals surface area contributed by atoms with E-state index in [-0.39, 0.29) is 6.61 Å². The maximum atomic E-state index is 13.1. The van der Waals surface area contributed by atoms with Crippen LogP contribution in [-0.2, 0) is 17.5 Å². The number of pyridine rings is 1. The molecule has 33 heavy (non-hydrogen) atoms. The molecule has 3 nitrogen and oxygen atoms in total. The van der Waals surface area contributed by atoms with Gasteiger partial charge in [0.05, 0.1) is 5.56 Å². The number of allylic oxidation sites excluding steroid dienone is 1. The zero-order chi connectivity index (χ0) is 23.8. The van der Waals surface area contributed by atoms with Crippen LogP contribution in [0.15, 0.2) is 90.5 Å². The Balaban J connectivity index is 1.95. The molecule has 0 aliphatic heterocycles. The minimum absolute atomic E-state index is 0.0898. The summed E-state index contributed by atoms with van der Waals surface area (Å²) in [6, 6.07) is 15.5. The number of aromatic nitrogens is 1. The Morgan fingerprint density at radius 3 is 2.52 bits per heavy atom. The summed E-state index contributed by atoms with van der Waals surface area (Å²) in [5.74, 6) is 0.376. The Hall–Kier alpha value is -3.09. The first-order valence-corrected chi connectivity index (χ1v) is 10.7. The van der Waals surface area contributed by atoms with Crippen molar-refractivity contribution < 1.29 is 23.0 Å². The minimum Gasteiger partial charge on any atom is -0.489 e. The van der Waals surface area contributed by atoms with Gasteiger partial charge in [-0.15, -0.1) is 0 Å². The summed E-state index contributed by atoms with van der Waals surface area (Å²) < 4.78 is 45.2. The number of benzene rings is 2. The maximum absolute atomic E-state index is 13.1. The summed E-state index contributed by atoms with van der Waals surface area (Å²) >= 11 is 5.99. The van der Waals surface area contributed by atoms with Crippen LogP contribution in [0, 0.1) is 0 Å². The van der Waals surface area contributed by atoms with E-state index in [9.17, 15) is 18.3 Å². The van der Waals surface area contributed by atoms with Gasteiger partial charge in [-0.2, -0.15) is 13.2 Å². The smallest absolute Gasteiger partial charge is 0.416 e. The van der Waals surface area contributed by atoms with Gasteiger partial charge in [0.2, 0.25) is 0 Å². The van der Waals surface area contributed by atoms with Crippen LogP contribution in [-0.4, -0.2) is 10.1 Å². The molecule has 172 valence electrons. The first kappa shape index (κ1) is 24.6. The van der Waals surface area contributed by atoms with Crippen LogP contribution in [0.5, 0.6) is 0 Å². The molecule has 3 aromatic rings. The summed E-state index contributed by atoms with van der Waals surface area (Å²) in [7, 11) is 0. The van der Waals surface area contributed by atoms with Crippen molar-refractivity contribution >= 4 is 17.7 Å². The molecule has 0 bridgehead atoms. The fourth-order valence-corrected chi connectivity index (χ4v) is 3.31. The Kier molecular flexibility index (Phi) is 8.31. The molecule has 0 saturated carbocycles. The summed E-state index contributed by atoms with van der Waals surface area (Å²) in [5, 5.41) is 11.7. The van der Waals surface area contributed by atoms with Crippen molar-refractivity contribution in [1.29, 1.82) is 0 Å². The number of hydrogen-bond acceptors (Lipinski definition) is 3. The lowest BCUT2D eigenvalue weighted by molar-refractivity contribution is -0.137. The highest BCUT2D eigenvalue weighted by molar-refractivity contribution is 6.30.